The maximum absolute atomic E-state index is 13.2. The molecule has 0 saturated carbocycles. The van der Waals surface area contributed by atoms with Gasteiger partial charge in [0.25, 0.3) is 0 Å². The molecule has 0 aliphatic carbocycles. The molecule has 0 unspecified atom stereocenters. The smallest absolute Gasteiger partial charge is 0.358 e. The van der Waals surface area contributed by atoms with Crippen LogP contribution in [0, 0.1) is 11.6 Å². The first-order valence-electron chi connectivity index (χ1n) is 4.83. The zero-order chi connectivity index (χ0) is 13.1. The molecule has 0 fully saturated rings. The fourth-order valence-corrected chi connectivity index (χ4v) is 1.23. The summed E-state index contributed by atoms with van der Waals surface area (Å²) in [4.78, 5) is 10.5. The van der Waals surface area contributed by atoms with Crippen LogP contribution < -0.4 is 4.74 Å². The van der Waals surface area contributed by atoms with Crippen LogP contribution in [0.4, 0.5) is 8.78 Å². The van der Waals surface area contributed by atoms with E-state index in [1.54, 1.807) is 0 Å². The molecular weight excluding hydrogens is 248 g/mol. The SMILES string of the molecule is O=C(O)c1cc(COc2cccc(F)c2F)on1. The van der Waals surface area contributed by atoms with E-state index in [1.165, 1.54) is 12.1 Å². The normalized spacial score (nSPS) is 10.3. The minimum Gasteiger partial charge on any atom is -0.482 e. The van der Waals surface area contributed by atoms with Crippen LogP contribution in [0.15, 0.2) is 28.8 Å². The first-order chi connectivity index (χ1) is 8.58. The van der Waals surface area contributed by atoms with Crippen molar-refractivity contribution in [3.63, 3.8) is 0 Å². The summed E-state index contributed by atoms with van der Waals surface area (Å²) in [5.41, 5.74) is -0.284. The molecule has 0 saturated heterocycles. The number of carboxylic acids is 1. The van der Waals surface area contributed by atoms with Crippen molar-refractivity contribution < 1.29 is 27.9 Å². The van der Waals surface area contributed by atoms with E-state index in [1.807, 2.05) is 0 Å². The van der Waals surface area contributed by atoms with E-state index in [0.29, 0.717) is 0 Å². The molecule has 5 nitrogen and oxygen atoms in total. The van der Waals surface area contributed by atoms with Gasteiger partial charge in [-0.05, 0) is 12.1 Å². The molecule has 0 aliphatic rings. The molecule has 1 heterocycles. The Morgan fingerprint density at radius 2 is 2.22 bits per heavy atom. The Hall–Kier alpha value is -2.44. The molecule has 0 spiro atoms. The van der Waals surface area contributed by atoms with E-state index >= 15 is 0 Å². The van der Waals surface area contributed by atoms with Crippen molar-refractivity contribution in [2.45, 2.75) is 6.61 Å². The fourth-order valence-electron chi connectivity index (χ4n) is 1.23. The topological polar surface area (TPSA) is 72.6 Å². The number of benzene rings is 1. The van der Waals surface area contributed by atoms with E-state index in [4.69, 9.17) is 9.84 Å². The average Bonchev–Trinajstić information content (AvgIpc) is 2.80. The molecule has 1 N–H and O–H groups in total. The second-order valence-corrected chi connectivity index (χ2v) is 3.32. The van der Waals surface area contributed by atoms with Gasteiger partial charge < -0.3 is 14.4 Å². The monoisotopic (exact) mass is 255 g/mol. The molecule has 1 aromatic carbocycles. The number of ether oxygens (including phenoxy) is 1. The number of aromatic nitrogens is 1. The lowest BCUT2D eigenvalue weighted by Gasteiger charge is -2.04. The van der Waals surface area contributed by atoms with Gasteiger partial charge in [0.1, 0.15) is 6.61 Å². The second-order valence-electron chi connectivity index (χ2n) is 3.32. The minimum absolute atomic E-state index is 0.0936. The van der Waals surface area contributed by atoms with Crippen LogP contribution in [0.1, 0.15) is 16.2 Å². The molecule has 0 atom stereocenters. The number of hydrogen-bond donors (Lipinski definition) is 1. The summed E-state index contributed by atoms with van der Waals surface area (Å²) in [6, 6.07) is 4.63. The number of aromatic carboxylic acids is 1. The van der Waals surface area contributed by atoms with Gasteiger partial charge in [0, 0.05) is 6.07 Å². The van der Waals surface area contributed by atoms with Crippen molar-refractivity contribution >= 4 is 5.97 Å². The van der Waals surface area contributed by atoms with Crippen molar-refractivity contribution in [1.29, 1.82) is 0 Å². The fraction of sp³-hybridized carbons (Fsp3) is 0.0909. The molecule has 2 rings (SSSR count). The molecule has 2 aromatic rings. The maximum Gasteiger partial charge on any atom is 0.358 e. The Bertz CT molecular complexity index is 582. The summed E-state index contributed by atoms with van der Waals surface area (Å²) >= 11 is 0. The molecule has 0 radical (unpaired) electrons. The third-order valence-electron chi connectivity index (χ3n) is 2.06. The summed E-state index contributed by atoms with van der Waals surface area (Å²) in [5, 5.41) is 11.8. The quantitative estimate of drug-likeness (QED) is 0.906. The Morgan fingerprint density at radius 3 is 2.89 bits per heavy atom. The van der Waals surface area contributed by atoms with Gasteiger partial charge in [-0.2, -0.15) is 4.39 Å². The molecule has 0 bridgehead atoms. The van der Waals surface area contributed by atoms with E-state index in [-0.39, 0.29) is 23.8 Å². The summed E-state index contributed by atoms with van der Waals surface area (Å²) in [7, 11) is 0. The van der Waals surface area contributed by atoms with Gasteiger partial charge in [0.2, 0.25) is 5.82 Å². The summed E-state index contributed by atoms with van der Waals surface area (Å²) in [6.45, 7) is -0.249. The van der Waals surface area contributed by atoms with Crippen LogP contribution in [0.2, 0.25) is 0 Å². The number of halogens is 2. The Kier molecular flexibility index (Phi) is 3.22. The molecular formula is C11H7F2NO4. The van der Waals surface area contributed by atoms with Crippen LogP contribution in [0.25, 0.3) is 0 Å². The van der Waals surface area contributed by atoms with Crippen LogP contribution in [0.3, 0.4) is 0 Å². The first-order valence-corrected chi connectivity index (χ1v) is 4.83. The predicted octanol–water partition coefficient (Wildman–Crippen LogP) is 2.23. The highest BCUT2D eigenvalue weighted by atomic mass is 19.2. The molecule has 18 heavy (non-hydrogen) atoms. The van der Waals surface area contributed by atoms with Crippen LogP contribution in [-0.2, 0) is 6.61 Å². The van der Waals surface area contributed by atoms with E-state index in [0.717, 1.165) is 12.1 Å². The summed E-state index contributed by atoms with van der Waals surface area (Å²) < 4.78 is 35.6. The van der Waals surface area contributed by atoms with Crippen molar-refractivity contribution in [3.05, 3.63) is 47.4 Å². The van der Waals surface area contributed by atoms with Crippen LogP contribution >= 0.6 is 0 Å². The highest BCUT2D eigenvalue weighted by molar-refractivity contribution is 5.85. The molecule has 0 amide bonds. The molecule has 0 aliphatic heterocycles. The number of carbonyl (C=O) groups is 1. The number of carboxylic acid groups (broad SMARTS) is 1. The van der Waals surface area contributed by atoms with Gasteiger partial charge in [0.15, 0.2) is 23.0 Å². The lowest BCUT2D eigenvalue weighted by Crippen LogP contribution is -1.98. The van der Waals surface area contributed by atoms with Crippen LogP contribution in [-0.4, -0.2) is 16.2 Å². The van der Waals surface area contributed by atoms with Gasteiger partial charge in [-0.25, -0.2) is 9.18 Å². The standard InChI is InChI=1S/C11H7F2NO4/c12-7-2-1-3-9(10(7)13)17-5-6-4-8(11(15)16)14-18-6/h1-4H,5H2,(H,15,16). The predicted molar refractivity (Wildman–Crippen MR) is 54.2 cm³/mol. The number of hydrogen-bond acceptors (Lipinski definition) is 4. The first kappa shape index (κ1) is 12.0. The van der Waals surface area contributed by atoms with Gasteiger partial charge in [-0.1, -0.05) is 11.2 Å². The third kappa shape index (κ3) is 2.45. The highest BCUT2D eigenvalue weighted by Gasteiger charge is 2.13. The lowest BCUT2D eigenvalue weighted by atomic mass is 10.3. The van der Waals surface area contributed by atoms with E-state index in [9.17, 15) is 13.6 Å². The Morgan fingerprint density at radius 1 is 1.44 bits per heavy atom. The second kappa shape index (κ2) is 4.82. The van der Waals surface area contributed by atoms with Gasteiger partial charge >= 0.3 is 5.97 Å². The van der Waals surface area contributed by atoms with Crippen molar-refractivity contribution in [3.8, 4) is 5.75 Å². The van der Waals surface area contributed by atoms with Crippen LogP contribution in [0.5, 0.6) is 5.75 Å². The maximum atomic E-state index is 13.2. The van der Waals surface area contributed by atoms with E-state index < -0.39 is 17.6 Å². The molecule has 7 heteroatoms. The van der Waals surface area contributed by atoms with Crippen molar-refractivity contribution in [2.75, 3.05) is 0 Å². The van der Waals surface area contributed by atoms with Gasteiger partial charge in [-0.15, -0.1) is 0 Å². The zero-order valence-corrected chi connectivity index (χ0v) is 8.89. The largest absolute Gasteiger partial charge is 0.482 e. The number of rotatable bonds is 4. The summed E-state index contributed by atoms with van der Waals surface area (Å²) in [6.07, 6.45) is 0. The molecule has 94 valence electrons. The van der Waals surface area contributed by atoms with E-state index in [2.05, 4.69) is 9.68 Å². The van der Waals surface area contributed by atoms with Crippen molar-refractivity contribution in [2.24, 2.45) is 0 Å². The van der Waals surface area contributed by atoms with Crippen molar-refractivity contribution in [1.82, 2.24) is 5.16 Å². The molecule has 1 aromatic heterocycles. The number of nitrogens with zero attached hydrogens (tertiary/aromatic N) is 1. The zero-order valence-electron chi connectivity index (χ0n) is 8.89. The minimum atomic E-state index is -1.25. The Balaban J connectivity index is 2.07. The lowest BCUT2D eigenvalue weighted by molar-refractivity contribution is 0.0685. The van der Waals surface area contributed by atoms with Gasteiger partial charge in [0.05, 0.1) is 0 Å². The average molecular weight is 255 g/mol. The summed E-state index contributed by atoms with van der Waals surface area (Å²) in [5.74, 6) is -3.59. The third-order valence-corrected chi connectivity index (χ3v) is 2.06. The van der Waals surface area contributed by atoms with Gasteiger partial charge in [-0.3, -0.25) is 0 Å². The highest BCUT2D eigenvalue weighted by Crippen LogP contribution is 2.20. The Labute approximate surface area is 99.6 Å².